The first-order valence-electron chi connectivity index (χ1n) is 8.32. The molecule has 0 N–H and O–H groups in total. The zero-order valence-electron chi connectivity index (χ0n) is 14.4. The van der Waals surface area contributed by atoms with Crippen LogP contribution in [0.15, 0.2) is 60.0 Å². The fourth-order valence-electron chi connectivity index (χ4n) is 2.74. The van der Waals surface area contributed by atoms with Crippen molar-refractivity contribution in [2.75, 3.05) is 29.9 Å². The predicted octanol–water partition coefficient (Wildman–Crippen LogP) is 5.42. The Labute approximate surface area is 148 Å². The number of nitrogens with zero attached hydrogens (tertiary/aromatic N) is 3. The van der Waals surface area contributed by atoms with E-state index in [1.54, 1.807) is 11.3 Å². The van der Waals surface area contributed by atoms with Crippen LogP contribution >= 0.6 is 11.3 Å². The first kappa shape index (κ1) is 16.5. The second-order valence-electron chi connectivity index (χ2n) is 5.62. The molecule has 0 unspecified atom stereocenters. The van der Waals surface area contributed by atoms with Gasteiger partial charge in [-0.2, -0.15) is 0 Å². The Morgan fingerprint density at radius 1 is 0.875 bits per heavy atom. The molecular formula is C20H23N3S. The van der Waals surface area contributed by atoms with Crippen molar-refractivity contribution in [3.8, 4) is 10.6 Å². The largest absolute Gasteiger partial charge is 0.372 e. The van der Waals surface area contributed by atoms with Crippen molar-refractivity contribution in [3.63, 3.8) is 0 Å². The lowest BCUT2D eigenvalue weighted by molar-refractivity contribution is 0.866. The molecule has 0 saturated carbocycles. The van der Waals surface area contributed by atoms with Gasteiger partial charge < -0.3 is 9.80 Å². The van der Waals surface area contributed by atoms with Gasteiger partial charge in [0, 0.05) is 42.5 Å². The molecule has 3 aromatic rings. The van der Waals surface area contributed by atoms with Crippen LogP contribution in [0.1, 0.15) is 13.8 Å². The van der Waals surface area contributed by atoms with Crippen LogP contribution in [0.4, 0.5) is 17.2 Å². The third-order valence-electron chi connectivity index (χ3n) is 4.22. The monoisotopic (exact) mass is 337 g/mol. The number of thiazole rings is 1. The molecular weight excluding hydrogens is 314 g/mol. The van der Waals surface area contributed by atoms with Crippen molar-refractivity contribution in [3.05, 3.63) is 60.0 Å². The molecule has 1 heterocycles. The number of aromatic nitrogens is 1. The van der Waals surface area contributed by atoms with E-state index in [0.717, 1.165) is 29.6 Å². The third-order valence-corrected chi connectivity index (χ3v) is 5.10. The molecule has 0 aliphatic heterocycles. The zero-order valence-corrected chi connectivity index (χ0v) is 15.3. The average molecular weight is 337 g/mol. The Bertz CT molecular complexity index is 761. The number of benzene rings is 2. The Hall–Kier alpha value is -2.33. The number of anilines is 3. The van der Waals surface area contributed by atoms with Crippen LogP contribution in [-0.4, -0.2) is 25.1 Å². The van der Waals surface area contributed by atoms with Crippen LogP contribution in [-0.2, 0) is 0 Å². The van der Waals surface area contributed by atoms with Crippen LogP contribution in [0.3, 0.4) is 0 Å². The maximum absolute atomic E-state index is 4.78. The molecule has 3 nitrogen and oxygen atoms in total. The molecule has 0 aliphatic carbocycles. The molecule has 24 heavy (non-hydrogen) atoms. The zero-order chi connectivity index (χ0) is 16.9. The maximum atomic E-state index is 4.78. The second kappa shape index (κ2) is 7.49. The van der Waals surface area contributed by atoms with Gasteiger partial charge in [0.25, 0.3) is 0 Å². The Balaban J connectivity index is 1.79. The summed E-state index contributed by atoms with van der Waals surface area (Å²) in [5.41, 5.74) is 3.58. The predicted molar refractivity (Wildman–Crippen MR) is 106 cm³/mol. The Morgan fingerprint density at radius 2 is 1.50 bits per heavy atom. The van der Waals surface area contributed by atoms with Crippen LogP contribution in [0, 0.1) is 0 Å². The molecule has 3 rings (SSSR count). The SMILES string of the molecule is CCN(CC)c1ccc(N(C)c2csc(-c3ccccc3)n2)cc1. The summed E-state index contributed by atoms with van der Waals surface area (Å²) >= 11 is 1.68. The Kier molecular flexibility index (Phi) is 5.16. The maximum Gasteiger partial charge on any atom is 0.144 e. The quantitative estimate of drug-likeness (QED) is 0.598. The molecule has 0 fully saturated rings. The van der Waals surface area contributed by atoms with Gasteiger partial charge in [-0.3, -0.25) is 0 Å². The van der Waals surface area contributed by atoms with E-state index >= 15 is 0 Å². The van der Waals surface area contributed by atoms with E-state index in [-0.39, 0.29) is 0 Å². The minimum atomic E-state index is 0.981. The van der Waals surface area contributed by atoms with E-state index < -0.39 is 0 Å². The number of rotatable bonds is 6. The van der Waals surface area contributed by atoms with Crippen molar-refractivity contribution >= 4 is 28.5 Å². The van der Waals surface area contributed by atoms with E-state index in [2.05, 4.69) is 72.5 Å². The minimum absolute atomic E-state index is 0.981. The summed E-state index contributed by atoms with van der Waals surface area (Å²) in [7, 11) is 2.07. The van der Waals surface area contributed by atoms with Crippen molar-refractivity contribution in [1.29, 1.82) is 0 Å². The van der Waals surface area contributed by atoms with Gasteiger partial charge >= 0.3 is 0 Å². The number of hydrogen-bond acceptors (Lipinski definition) is 4. The molecule has 4 heteroatoms. The molecule has 0 spiro atoms. The topological polar surface area (TPSA) is 19.4 Å². The molecule has 0 radical (unpaired) electrons. The van der Waals surface area contributed by atoms with Gasteiger partial charge in [0.2, 0.25) is 0 Å². The van der Waals surface area contributed by atoms with Gasteiger partial charge in [-0.05, 0) is 38.1 Å². The molecule has 0 aliphatic rings. The Morgan fingerprint density at radius 3 is 2.12 bits per heavy atom. The highest BCUT2D eigenvalue weighted by atomic mass is 32.1. The van der Waals surface area contributed by atoms with Crippen LogP contribution in [0.25, 0.3) is 10.6 Å². The first-order valence-corrected chi connectivity index (χ1v) is 9.20. The lowest BCUT2D eigenvalue weighted by Gasteiger charge is -2.22. The van der Waals surface area contributed by atoms with E-state index in [1.807, 2.05) is 18.2 Å². The summed E-state index contributed by atoms with van der Waals surface area (Å²) in [5, 5.41) is 3.16. The van der Waals surface area contributed by atoms with Gasteiger partial charge in [0.1, 0.15) is 10.8 Å². The molecule has 2 aromatic carbocycles. The summed E-state index contributed by atoms with van der Waals surface area (Å²) < 4.78 is 0. The highest BCUT2D eigenvalue weighted by Crippen LogP contribution is 2.31. The van der Waals surface area contributed by atoms with Crippen molar-refractivity contribution < 1.29 is 0 Å². The van der Waals surface area contributed by atoms with Crippen molar-refractivity contribution in [2.45, 2.75) is 13.8 Å². The van der Waals surface area contributed by atoms with Gasteiger partial charge in [-0.1, -0.05) is 30.3 Å². The van der Waals surface area contributed by atoms with Crippen molar-refractivity contribution in [2.24, 2.45) is 0 Å². The fourth-order valence-corrected chi connectivity index (χ4v) is 3.59. The molecule has 0 amide bonds. The molecule has 0 bridgehead atoms. The summed E-state index contributed by atoms with van der Waals surface area (Å²) in [6, 6.07) is 19.0. The summed E-state index contributed by atoms with van der Waals surface area (Å²) in [4.78, 5) is 9.26. The van der Waals surface area contributed by atoms with E-state index in [4.69, 9.17) is 4.98 Å². The average Bonchev–Trinajstić information content (AvgIpc) is 3.14. The van der Waals surface area contributed by atoms with Crippen LogP contribution in [0.2, 0.25) is 0 Å². The fraction of sp³-hybridized carbons (Fsp3) is 0.250. The van der Waals surface area contributed by atoms with Crippen LogP contribution < -0.4 is 9.80 Å². The minimum Gasteiger partial charge on any atom is -0.372 e. The smallest absolute Gasteiger partial charge is 0.144 e. The number of hydrogen-bond donors (Lipinski definition) is 0. The first-order chi connectivity index (χ1) is 11.7. The summed E-state index contributed by atoms with van der Waals surface area (Å²) in [6.07, 6.45) is 0. The van der Waals surface area contributed by atoms with E-state index in [0.29, 0.717) is 0 Å². The van der Waals surface area contributed by atoms with E-state index in [9.17, 15) is 0 Å². The molecule has 0 atom stereocenters. The third kappa shape index (κ3) is 3.44. The van der Waals surface area contributed by atoms with Gasteiger partial charge in [0.05, 0.1) is 0 Å². The lowest BCUT2D eigenvalue weighted by Crippen LogP contribution is -2.21. The summed E-state index contributed by atoms with van der Waals surface area (Å²) in [6.45, 7) is 6.42. The lowest BCUT2D eigenvalue weighted by atomic mass is 10.2. The highest BCUT2D eigenvalue weighted by Gasteiger charge is 2.10. The standard InChI is InChI=1S/C20H23N3S/c1-4-23(5-2)18-13-11-17(12-14-18)22(3)19-15-24-20(21-19)16-9-7-6-8-10-16/h6-15H,4-5H2,1-3H3. The van der Waals surface area contributed by atoms with Gasteiger partial charge in [0.15, 0.2) is 0 Å². The van der Waals surface area contributed by atoms with Crippen molar-refractivity contribution in [1.82, 2.24) is 4.98 Å². The highest BCUT2D eigenvalue weighted by molar-refractivity contribution is 7.13. The van der Waals surface area contributed by atoms with E-state index in [1.165, 1.54) is 11.3 Å². The second-order valence-corrected chi connectivity index (χ2v) is 6.48. The normalized spacial score (nSPS) is 10.6. The summed E-state index contributed by atoms with van der Waals surface area (Å²) in [5.74, 6) is 0.981. The molecule has 124 valence electrons. The van der Waals surface area contributed by atoms with Gasteiger partial charge in [-0.25, -0.2) is 4.98 Å². The molecule has 0 saturated heterocycles. The van der Waals surface area contributed by atoms with Crippen LogP contribution in [0.5, 0.6) is 0 Å². The molecule has 1 aromatic heterocycles. The van der Waals surface area contributed by atoms with Gasteiger partial charge in [-0.15, -0.1) is 11.3 Å².